The fourth-order valence-corrected chi connectivity index (χ4v) is 2.97. The lowest BCUT2D eigenvalue weighted by molar-refractivity contribution is -0.137. The predicted octanol–water partition coefficient (Wildman–Crippen LogP) is 2.54. The van der Waals surface area contributed by atoms with E-state index in [9.17, 15) is 14.9 Å². The summed E-state index contributed by atoms with van der Waals surface area (Å²) in [5, 5.41) is 9.53. The Kier molecular flexibility index (Phi) is 5.80. The molecule has 0 N–H and O–H groups in total. The van der Waals surface area contributed by atoms with Crippen LogP contribution < -0.4 is 4.74 Å². The molecule has 0 aromatic heterocycles. The molecule has 1 aromatic carbocycles. The van der Waals surface area contributed by atoms with Crippen LogP contribution >= 0.6 is 0 Å². The van der Waals surface area contributed by atoms with Gasteiger partial charge >= 0.3 is 5.97 Å². The predicted molar refractivity (Wildman–Crippen MR) is 87.5 cm³/mol. The van der Waals surface area contributed by atoms with Gasteiger partial charge in [-0.15, -0.1) is 0 Å². The molecule has 0 aliphatic heterocycles. The Labute approximate surface area is 142 Å². The number of ether oxygens (including phenoxy) is 2. The second-order valence-corrected chi connectivity index (χ2v) is 5.96. The highest BCUT2D eigenvalue weighted by Crippen LogP contribution is 2.32. The summed E-state index contributed by atoms with van der Waals surface area (Å²) in [6.45, 7) is -0.176. The van der Waals surface area contributed by atoms with Gasteiger partial charge in [0.1, 0.15) is 11.3 Å². The van der Waals surface area contributed by atoms with E-state index >= 15 is 0 Å². The molecular weight excluding hydrogens is 308 g/mol. The minimum atomic E-state index is -0.730. The highest BCUT2D eigenvalue weighted by molar-refractivity contribution is 5.89. The van der Waals surface area contributed by atoms with Gasteiger partial charge in [0, 0.05) is 7.05 Å². The lowest BCUT2D eigenvalue weighted by Crippen LogP contribution is -2.51. The second-order valence-electron chi connectivity index (χ2n) is 5.96. The zero-order valence-electron chi connectivity index (χ0n) is 14.1. The minimum Gasteiger partial charge on any atom is -0.484 e. The van der Waals surface area contributed by atoms with Crippen LogP contribution in [0.2, 0.25) is 0 Å². The molecule has 1 aliphatic carbocycles. The molecule has 2 rings (SSSR count). The molecule has 0 radical (unpaired) electrons. The molecule has 1 amide bonds. The first-order valence-corrected chi connectivity index (χ1v) is 8.01. The Balaban J connectivity index is 2.00. The van der Waals surface area contributed by atoms with Crippen molar-refractivity contribution >= 4 is 11.9 Å². The summed E-state index contributed by atoms with van der Waals surface area (Å²) in [6, 6.07) is 8.78. The van der Waals surface area contributed by atoms with Crippen LogP contribution in [0.5, 0.6) is 5.75 Å². The summed E-state index contributed by atoms with van der Waals surface area (Å²) >= 11 is 0. The summed E-state index contributed by atoms with van der Waals surface area (Å²) < 4.78 is 10.2. The molecule has 6 nitrogen and oxygen atoms in total. The largest absolute Gasteiger partial charge is 0.484 e. The van der Waals surface area contributed by atoms with Gasteiger partial charge in [0.15, 0.2) is 6.61 Å². The highest BCUT2D eigenvalue weighted by Gasteiger charge is 2.38. The van der Waals surface area contributed by atoms with Crippen molar-refractivity contribution < 1.29 is 19.1 Å². The van der Waals surface area contributed by atoms with Gasteiger partial charge in [0.2, 0.25) is 0 Å². The zero-order valence-corrected chi connectivity index (χ0v) is 14.1. The number of likely N-dealkylation sites (N-methyl/N-ethyl adjacent to an activating group) is 1. The number of carbonyl (C=O) groups excluding carboxylic acids is 2. The number of hydrogen-bond acceptors (Lipinski definition) is 5. The van der Waals surface area contributed by atoms with Gasteiger partial charge in [-0.05, 0) is 31.0 Å². The Hall–Kier alpha value is -2.55. The number of nitrogens with zero attached hydrogens (tertiary/aromatic N) is 2. The molecule has 0 saturated heterocycles. The lowest BCUT2D eigenvalue weighted by atomic mass is 9.81. The van der Waals surface area contributed by atoms with Crippen LogP contribution in [0.1, 0.15) is 42.5 Å². The van der Waals surface area contributed by atoms with Gasteiger partial charge in [-0.2, -0.15) is 5.26 Å². The first-order chi connectivity index (χ1) is 11.5. The average molecular weight is 330 g/mol. The fraction of sp³-hybridized carbons (Fsp3) is 0.500. The van der Waals surface area contributed by atoms with Crippen LogP contribution in [0.25, 0.3) is 0 Å². The van der Waals surface area contributed by atoms with E-state index in [1.165, 1.54) is 18.1 Å². The molecule has 0 atom stereocenters. The van der Waals surface area contributed by atoms with E-state index in [-0.39, 0.29) is 12.5 Å². The topological polar surface area (TPSA) is 79.6 Å². The minimum absolute atomic E-state index is 0.176. The van der Waals surface area contributed by atoms with Crippen molar-refractivity contribution in [2.45, 2.75) is 37.6 Å². The third-order valence-corrected chi connectivity index (χ3v) is 4.52. The molecule has 1 saturated carbocycles. The molecular formula is C18H22N2O4. The van der Waals surface area contributed by atoms with Crippen molar-refractivity contribution in [2.75, 3.05) is 20.8 Å². The van der Waals surface area contributed by atoms with Crippen molar-refractivity contribution in [1.82, 2.24) is 4.90 Å². The van der Waals surface area contributed by atoms with Gasteiger partial charge in [0.25, 0.3) is 5.91 Å². The SMILES string of the molecule is COC(=O)c1cccc(OCC(=O)N(C)C2(C#N)CCCCC2)c1. The van der Waals surface area contributed by atoms with Crippen LogP contribution in [0.15, 0.2) is 24.3 Å². The summed E-state index contributed by atoms with van der Waals surface area (Å²) in [4.78, 5) is 25.4. The molecule has 0 heterocycles. The van der Waals surface area contributed by atoms with Crippen molar-refractivity contribution in [3.05, 3.63) is 29.8 Å². The van der Waals surface area contributed by atoms with Gasteiger partial charge in [-0.1, -0.05) is 25.3 Å². The zero-order chi connectivity index (χ0) is 17.6. The van der Waals surface area contributed by atoms with E-state index in [0.29, 0.717) is 24.2 Å². The monoisotopic (exact) mass is 330 g/mol. The lowest BCUT2D eigenvalue weighted by Gasteiger charge is -2.38. The summed E-state index contributed by atoms with van der Waals surface area (Å²) in [6.07, 6.45) is 4.40. The van der Waals surface area contributed by atoms with Crippen LogP contribution in [0, 0.1) is 11.3 Å². The average Bonchev–Trinajstić information content (AvgIpc) is 2.65. The Bertz CT molecular complexity index is 645. The second kappa shape index (κ2) is 7.82. The van der Waals surface area contributed by atoms with Crippen LogP contribution in [0.3, 0.4) is 0 Å². The number of esters is 1. The van der Waals surface area contributed by atoms with Gasteiger partial charge in [-0.3, -0.25) is 4.79 Å². The summed E-state index contributed by atoms with van der Waals surface area (Å²) in [5.41, 5.74) is -0.372. The molecule has 1 aliphatic rings. The number of hydrogen-bond donors (Lipinski definition) is 0. The molecule has 6 heteroatoms. The molecule has 0 spiro atoms. The maximum Gasteiger partial charge on any atom is 0.337 e. The smallest absolute Gasteiger partial charge is 0.337 e. The third-order valence-electron chi connectivity index (χ3n) is 4.52. The number of amides is 1. The number of methoxy groups -OCH3 is 1. The van der Waals surface area contributed by atoms with E-state index in [1.54, 1.807) is 25.2 Å². The van der Waals surface area contributed by atoms with Crippen molar-refractivity contribution in [2.24, 2.45) is 0 Å². The van der Waals surface area contributed by atoms with Crippen LogP contribution in [-0.4, -0.2) is 43.1 Å². The normalized spacial score (nSPS) is 15.9. The van der Waals surface area contributed by atoms with E-state index in [1.807, 2.05) is 0 Å². The molecule has 128 valence electrons. The van der Waals surface area contributed by atoms with Crippen molar-refractivity contribution in [3.8, 4) is 11.8 Å². The number of benzene rings is 1. The van der Waals surface area contributed by atoms with E-state index in [4.69, 9.17) is 4.74 Å². The van der Waals surface area contributed by atoms with Crippen molar-refractivity contribution in [1.29, 1.82) is 5.26 Å². The van der Waals surface area contributed by atoms with Gasteiger partial charge < -0.3 is 14.4 Å². The Morgan fingerprint density at radius 2 is 2.00 bits per heavy atom. The highest BCUT2D eigenvalue weighted by atomic mass is 16.5. The van der Waals surface area contributed by atoms with Gasteiger partial charge in [0.05, 0.1) is 18.7 Å². The molecule has 0 bridgehead atoms. The maximum atomic E-state index is 12.4. The fourth-order valence-electron chi connectivity index (χ4n) is 2.97. The van der Waals surface area contributed by atoms with E-state index in [2.05, 4.69) is 10.8 Å². The Morgan fingerprint density at radius 1 is 1.29 bits per heavy atom. The van der Waals surface area contributed by atoms with Crippen LogP contribution in [0.4, 0.5) is 0 Å². The van der Waals surface area contributed by atoms with Crippen molar-refractivity contribution in [3.63, 3.8) is 0 Å². The first-order valence-electron chi connectivity index (χ1n) is 8.01. The number of carbonyl (C=O) groups is 2. The van der Waals surface area contributed by atoms with E-state index < -0.39 is 11.5 Å². The standard InChI is InChI=1S/C18H22N2O4/c1-20(18(13-19)9-4-3-5-10-18)16(21)12-24-15-8-6-7-14(11-15)17(22)23-2/h6-8,11H,3-5,9-10,12H2,1-2H3. The summed E-state index contributed by atoms with van der Waals surface area (Å²) in [7, 11) is 2.96. The summed E-state index contributed by atoms with van der Waals surface area (Å²) in [5.74, 6) is -0.300. The number of nitriles is 1. The number of rotatable bonds is 5. The quantitative estimate of drug-likeness (QED) is 0.775. The Morgan fingerprint density at radius 3 is 2.62 bits per heavy atom. The maximum absolute atomic E-state index is 12.4. The molecule has 24 heavy (non-hydrogen) atoms. The molecule has 1 aromatic rings. The van der Waals surface area contributed by atoms with Gasteiger partial charge in [-0.25, -0.2) is 4.79 Å². The molecule has 0 unspecified atom stereocenters. The first kappa shape index (κ1) is 17.8. The van der Waals surface area contributed by atoms with E-state index in [0.717, 1.165) is 19.3 Å². The third kappa shape index (κ3) is 3.85. The molecule has 1 fully saturated rings. The van der Waals surface area contributed by atoms with Crippen LogP contribution in [-0.2, 0) is 9.53 Å².